The van der Waals surface area contributed by atoms with E-state index in [1.54, 1.807) is 18.1 Å². The van der Waals surface area contributed by atoms with Crippen molar-refractivity contribution in [3.05, 3.63) is 28.0 Å². The minimum Gasteiger partial charge on any atom is -0.496 e. The van der Waals surface area contributed by atoms with E-state index >= 15 is 0 Å². The summed E-state index contributed by atoms with van der Waals surface area (Å²) in [6.07, 6.45) is 4.88. The number of carbonyl (C=O) groups excluding carboxylic acids is 1. The topological polar surface area (TPSA) is 38.8 Å². The van der Waals surface area contributed by atoms with Crippen molar-refractivity contribution in [2.45, 2.75) is 71.1 Å². The monoisotopic (exact) mass is 415 g/mol. The van der Waals surface area contributed by atoms with E-state index in [2.05, 4.69) is 15.9 Å². The number of carbonyl (C=O) groups is 1. The Labute approximate surface area is 157 Å². The Balaban J connectivity index is 2.33. The molecule has 2 rings (SSSR count). The highest BCUT2D eigenvalue weighted by Gasteiger charge is 2.31. The standard InChI is InChI=1S/C19H27BrFNO3/c1-19(2,3)25-18(23)22(13-8-6-5-7-9-13)12-14-16(24-4)11-10-15(21)17(14)20/h10-11,13H,5-9,12H2,1-4H3. The summed E-state index contributed by atoms with van der Waals surface area (Å²) in [6, 6.07) is 3.04. The van der Waals surface area contributed by atoms with Gasteiger partial charge >= 0.3 is 6.09 Å². The summed E-state index contributed by atoms with van der Waals surface area (Å²) in [6.45, 7) is 5.80. The molecule has 0 bridgehead atoms. The van der Waals surface area contributed by atoms with Gasteiger partial charge in [0.25, 0.3) is 0 Å². The van der Waals surface area contributed by atoms with Gasteiger partial charge in [0.05, 0.1) is 18.1 Å². The number of halogens is 2. The second kappa shape index (κ2) is 8.39. The number of benzene rings is 1. The maximum atomic E-state index is 14.0. The lowest BCUT2D eigenvalue weighted by Crippen LogP contribution is -2.44. The van der Waals surface area contributed by atoms with Crippen LogP contribution in [-0.2, 0) is 11.3 Å². The molecule has 25 heavy (non-hydrogen) atoms. The molecule has 0 radical (unpaired) electrons. The molecular formula is C19H27BrFNO3. The van der Waals surface area contributed by atoms with Crippen molar-refractivity contribution in [1.29, 1.82) is 0 Å². The molecule has 0 heterocycles. The molecule has 0 unspecified atom stereocenters. The van der Waals surface area contributed by atoms with Crippen LogP contribution in [0.15, 0.2) is 16.6 Å². The molecule has 0 spiro atoms. The fraction of sp³-hybridized carbons (Fsp3) is 0.632. The lowest BCUT2D eigenvalue weighted by molar-refractivity contribution is 0.00967. The third kappa shape index (κ3) is 5.33. The predicted octanol–water partition coefficient (Wildman–Crippen LogP) is 5.67. The van der Waals surface area contributed by atoms with E-state index in [9.17, 15) is 9.18 Å². The van der Waals surface area contributed by atoms with Crippen LogP contribution in [0.4, 0.5) is 9.18 Å². The molecule has 1 aliphatic rings. The normalized spacial score (nSPS) is 15.8. The Kier molecular flexibility index (Phi) is 6.72. The van der Waals surface area contributed by atoms with Crippen LogP contribution < -0.4 is 4.74 Å². The van der Waals surface area contributed by atoms with E-state index in [4.69, 9.17) is 9.47 Å². The fourth-order valence-corrected chi connectivity index (χ4v) is 3.59. The zero-order chi connectivity index (χ0) is 18.6. The minimum absolute atomic E-state index is 0.100. The van der Waals surface area contributed by atoms with Crippen LogP contribution in [0, 0.1) is 5.82 Å². The molecule has 1 aliphatic carbocycles. The van der Waals surface area contributed by atoms with Gasteiger partial charge < -0.3 is 14.4 Å². The van der Waals surface area contributed by atoms with Crippen molar-refractivity contribution >= 4 is 22.0 Å². The van der Waals surface area contributed by atoms with Gasteiger partial charge in [-0.1, -0.05) is 19.3 Å². The number of nitrogens with zero attached hydrogens (tertiary/aromatic N) is 1. The van der Waals surface area contributed by atoms with Gasteiger partial charge in [0, 0.05) is 11.6 Å². The molecule has 1 aromatic rings. The van der Waals surface area contributed by atoms with Gasteiger partial charge in [0.1, 0.15) is 17.2 Å². The van der Waals surface area contributed by atoms with Crippen LogP contribution in [0.5, 0.6) is 5.75 Å². The highest BCUT2D eigenvalue weighted by atomic mass is 79.9. The quantitative estimate of drug-likeness (QED) is 0.635. The van der Waals surface area contributed by atoms with E-state index < -0.39 is 5.60 Å². The Morgan fingerprint density at radius 1 is 1.28 bits per heavy atom. The average Bonchev–Trinajstić information content (AvgIpc) is 2.55. The Bertz CT molecular complexity index is 609. The van der Waals surface area contributed by atoms with Crippen molar-refractivity contribution in [2.24, 2.45) is 0 Å². The van der Waals surface area contributed by atoms with Gasteiger partial charge in [0.2, 0.25) is 0 Å². The number of ether oxygens (including phenoxy) is 2. The Morgan fingerprint density at radius 2 is 1.92 bits per heavy atom. The van der Waals surface area contributed by atoms with Crippen molar-refractivity contribution in [3.63, 3.8) is 0 Å². The zero-order valence-corrected chi connectivity index (χ0v) is 17.0. The molecule has 0 aliphatic heterocycles. The van der Waals surface area contributed by atoms with Crippen LogP contribution in [0.25, 0.3) is 0 Å². The van der Waals surface area contributed by atoms with Crippen LogP contribution >= 0.6 is 15.9 Å². The first-order valence-electron chi connectivity index (χ1n) is 8.73. The predicted molar refractivity (Wildman–Crippen MR) is 99.3 cm³/mol. The smallest absolute Gasteiger partial charge is 0.410 e. The first-order valence-corrected chi connectivity index (χ1v) is 9.52. The Morgan fingerprint density at radius 3 is 2.48 bits per heavy atom. The fourth-order valence-electron chi connectivity index (χ4n) is 3.14. The number of hydrogen-bond acceptors (Lipinski definition) is 3. The SMILES string of the molecule is COc1ccc(F)c(Br)c1CN(C(=O)OC(C)(C)C)C1CCCCC1. The molecule has 1 saturated carbocycles. The number of rotatable bonds is 4. The summed E-state index contributed by atoms with van der Waals surface area (Å²) in [5, 5.41) is 0. The van der Waals surface area contributed by atoms with Crippen LogP contribution in [0.1, 0.15) is 58.4 Å². The molecule has 1 amide bonds. The average molecular weight is 416 g/mol. The van der Waals surface area contributed by atoms with E-state index in [1.807, 2.05) is 20.8 Å². The third-order valence-corrected chi connectivity index (χ3v) is 5.20. The summed E-state index contributed by atoms with van der Waals surface area (Å²) in [7, 11) is 1.54. The molecule has 4 nitrogen and oxygen atoms in total. The lowest BCUT2D eigenvalue weighted by Gasteiger charge is -2.36. The second-order valence-electron chi connectivity index (χ2n) is 7.44. The molecule has 6 heteroatoms. The van der Waals surface area contributed by atoms with Gasteiger partial charge in [-0.2, -0.15) is 0 Å². The van der Waals surface area contributed by atoms with Gasteiger partial charge in [-0.05, 0) is 61.7 Å². The molecule has 140 valence electrons. The van der Waals surface area contributed by atoms with E-state index in [0.717, 1.165) is 25.7 Å². The molecule has 0 atom stereocenters. The molecule has 0 N–H and O–H groups in total. The molecule has 0 aromatic heterocycles. The van der Waals surface area contributed by atoms with Gasteiger partial charge in [-0.3, -0.25) is 0 Å². The summed E-state index contributed by atoms with van der Waals surface area (Å²) < 4.78 is 25.3. The second-order valence-corrected chi connectivity index (χ2v) is 8.24. The van der Waals surface area contributed by atoms with Gasteiger partial charge in [0.15, 0.2) is 0 Å². The van der Waals surface area contributed by atoms with Gasteiger partial charge in [-0.15, -0.1) is 0 Å². The lowest BCUT2D eigenvalue weighted by atomic mass is 9.94. The third-order valence-electron chi connectivity index (χ3n) is 4.34. The van der Waals surface area contributed by atoms with E-state index in [1.165, 1.54) is 12.5 Å². The molecule has 0 saturated heterocycles. The van der Waals surface area contributed by atoms with Crippen molar-refractivity contribution in [1.82, 2.24) is 4.90 Å². The zero-order valence-electron chi connectivity index (χ0n) is 15.4. The van der Waals surface area contributed by atoms with E-state index in [0.29, 0.717) is 15.8 Å². The maximum Gasteiger partial charge on any atom is 0.410 e. The van der Waals surface area contributed by atoms with Gasteiger partial charge in [-0.25, -0.2) is 9.18 Å². The maximum absolute atomic E-state index is 14.0. The summed E-state index contributed by atoms with van der Waals surface area (Å²) in [5.74, 6) is 0.182. The molecule has 1 fully saturated rings. The van der Waals surface area contributed by atoms with Crippen LogP contribution in [0.3, 0.4) is 0 Å². The number of methoxy groups -OCH3 is 1. The van der Waals surface area contributed by atoms with Crippen molar-refractivity contribution < 1.29 is 18.7 Å². The van der Waals surface area contributed by atoms with Crippen molar-refractivity contribution in [2.75, 3.05) is 7.11 Å². The number of hydrogen-bond donors (Lipinski definition) is 0. The number of amides is 1. The minimum atomic E-state index is -0.576. The highest BCUT2D eigenvalue weighted by Crippen LogP contribution is 2.33. The summed E-state index contributed by atoms with van der Waals surface area (Å²) >= 11 is 3.30. The molecule has 1 aromatic carbocycles. The first kappa shape index (κ1) is 20.0. The summed E-state index contributed by atoms with van der Waals surface area (Å²) in [4.78, 5) is 14.5. The first-order chi connectivity index (χ1) is 11.7. The molecular weight excluding hydrogens is 389 g/mol. The summed E-state index contributed by atoms with van der Waals surface area (Å²) in [5.41, 5.74) is 0.0479. The Hall–Kier alpha value is -1.30. The van der Waals surface area contributed by atoms with E-state index in [-0.39, 0.29) is 24.5 Å². The van der Waals surface area contributed by atoms with Crippen LogP contribution in [0.2, 0.25) is 0 Å². The van der Waals surface area contributed by atoms with Crippen LogP contribution in [-0.4, -0.2) is 29.7 Å². The van der Waals surface area contributed by atoms with Crippen molar-refractivity contribution in [3.8, 4) is 5.75 Å². The highest BCUT2D eigenvalue weighted by molar-refractivity contribution is 9.10. The largest absolute Gasteiger partial charge is 0.496 e.